The second kappa shape index (κ2) is 10.6. The number of ether oxygens (including phenoxy) is 1. The summed E-state index contributed by atoms with van der Waals surface area (Å²) in [5.41, 5.74) is 3.00. The van der Waals surface area contributed by atoms with E-state index in [1.54, 1.807) is 48.5 Å². The van der Waals surface area contributed by atoms with E-state index in [2.05, 4.69) is 26.1 Å². The average Bonchev–Trinajstić information content (AvgIpc) is 2.84. The van der Waals surface area contributed by atoms with Gasteiger partial charge in [-0.25, -0.2) is 8.42 Å². The third-order valence-electron chi connectivity index (χ3n) is 5.52. The number of rotatable bonds is 7. The van der Waals surface area contributed by atoms with Crippen LogP contribution in [0.2, 0.25) is 0 Å². The van der Waals surface area contributed by atoms with Crippen LogP contribution in [-0.2, 0) is 19.6 Å². The Morgan fingerprint density at radius 2 is 1.71 bits per heavy atom. The molecule has 1 aliphatic heterocycles. The van der Waals surface area contributed by atoms with Gasteiger partial charge < -0.3 is 15.0 Å². The molecule has 1 heterocycles. The molecule has 0 aliphatic carbocycles. The molecule has 0 atom stereocenters. The zero-order valence-corrected chi connectivity index (χ0v) is 21.2. The first-order valence-corrected chi connectivity index (χ1v) is 13.1. The van der Waals surface area contributed by atoms with E-state index in [4.69, 9.17) is 4.74 Å². The Balaban J connectivity index is 1.54. The van der Waals surface area contributed by atoms with Gasteiger partial charge in [0.1, 0.15) is 6.54 Å². The zero-order chi connectivity index (χ0) is 24.1. The van der Waals surface area contributed by atoms with Gasteiger partial charge in [-0.1, -0.05) is 39.7 Å². The number of nitrogens with zero attached hydrogens (tertiary/aromatic N) is 2. The van der Waals surface area contributed by atoms with Crippen LogP contribution in [-0.4, -0.2) is 47.2 Å². The van der Waals surface area contributed by atoms with E-state index in [0.29, 0.717) is 29.1 Å². The lowest BCUT2D eigenvalue weighted by Crippen LogP contribution is -2.38. The smallest absolute Gasteiger partial charge is 0.264 e. The largest absolute Gasteiger partial charge is 0.378 e. The summed E-state index contributed by atoms with van der Waals surface area (Å²) in [5, 5.41) is 2.82. The highest BCUT2D eigenvalue weighted by atomic mass is 79.9. The molecule has 0 unspecified atom stereocenters. The summed E-state index contributed by atoms with van der Waals surface area (Å²) < 4.78 is 34.2. The summed E-state index contributed by atoms with van der Waals surface area (Å²) in [4.78, 5) is 15.3. The van der Waals surface area contributed by atoms with Crippen LogP contribution in [0, 0.1) is 6.92 Å². The standard InChI is InChI=1S/C25H26BrN3O4S/c1-19-5-11-24(12-6-19)34(31,32)29(23-4-2-3-20(26)17-23)18-25(30)27-21-7-9-22(10-8-21)28-13-15-33-16-14-28/h2-12,17H,13-16,18H2,1H3,(H,27,30). The van der Waals surface area contributed by atoms with Crippen LogP contribution in [0.5, 0.6) is 0 Å². The lowest BCUT2D eigenvalue weighted by molar-refractivity contribution is -0.114. The van der Waals surface area contributed by atoms with Crippen molar-refractivity contribution < 1.29 is 17.9 Å². The number of benzene rings is 3. The molecular formula is C25H26BrN3O4S. The van der Waals surface area contributed by atoms with Crippen LogP contribution in [0.25, 0.3) is 0 Å². The molecule has 3 aromatic carbocycles. The van der Waals surface area contributed by atoms with E-state index in [1.807, 2.05) is 31.2 Å². The number of amides is 1. The summed E-state index contributed by atoms with van der Waals surface area (Å²) in [6.45, 7) is 4.56. The van der Waals surface area contributed by atoms with E-state index < -0.39 is 15.9 Å². The maximum atomic E-state index is 13.5. The molecular weight excluding hydrogens is 518 g/mol. The van der Waals surface area contributed by atoms with Gasteiger partial charge in [0, 0.05) is 28.9 Å². The molecule has 0 spiro atoms. The first kappa shape index (κ1) is 24.3. The minimum Gasteiger partial charge on any atom is -0.378 e. The van der Waals surface area contributed by atoms with Gasteiger partial charge in [0.15, 0.2) is 0 Å². The normalized spacial score (nSPS) is 14.0. The van der Waals surface area contributed by atoms with E-state index in [1.165, 1.54) is 0 Å². The molecule has 0 aromatic heterocycles. The molecule has 4 rings (SSSR count). The van der Waals surface area contributed by atoms with Gasteiger partial charge in [0.05, 0.1) is 23.8 Å². The fourth-order valence-corrected chi connectivity index (χ4v) is 5.49. The van der Waals surface area contributed by atoms with Crippen molar-refractivity contribution in [2.45, 2.75) is 11.8 Å². The molecule has 3 aromatic rings. The molecule has 1 saturated heterocycles. The fraction of sp³-hybridized carbons (Fsp3) is 0.240. The highest BCUT2D eigenvalue weighted by molar-refractivity contribution is 9.10. The number of carbonyl (C=O) groups is 1. The van der Waals surface area contributed by atoms with Gasteiger partial charge in [0.2, 0.25) is 5.91 Å². The quantitative estimate of drug-likeness (QED) is 0.477. The molecule has 0 radical (unpaired) electrons. The van der Waals surface area contributed by atoms with E-state index in [-0.39, 0.29) is 11.4 Å². The van der Waals surface area contributed by atoms with Crippen LogP contribution >= 0.6 is 15.9 Å². The second-order valence-electron chi connectivity index (χ2n) is 8.00. The molecule has 9 heteroatoms. The summed E-state index contributed by atoms with van der Waals surface area (Å²) in [6, 6.07) is 21.0. The van der Waals surface area contributed by atoms with Crippen molar-refractivity contribution in [3.8, 4) is 0 Å². The maximum Gasteiger partial charge on any atom is 0.264 e. The fourth-order valence-electron chi connectivity index (χ4n) is 3.69. The Bertz CT molecular complexity index is 1240. The lowest BCUT2D eigenvalue weighted by atomic mass is 10.2. The third-order valence-corrected chi connectivity index (χ3v) is 7.80. The SMILES string of the molecule is Cc1ccc(S(=O)(=O)N(CC(=O)Nc2ccc(N3CCOCC3)cc2)c2cccc(Br)c2)cc1. The van der Waals surface area contributed by atoms with Crippen LogP contribution in [0.1, 0.15) is 5.56 Å². The maximum absolute atomic E-state index is 13.5. The number of aryl methyl sites for hydroxylation is 1. The zero-order valence-electron chi connectivity index (χ0n) is 18.8. The monoisotopic (exact) mass is 543 g/mol. The highest BCUT2D eigenvalue weighted by Crippen LogP contribution is 2.27. The minimum absolute atomic E-state index is 0.126. The van der Waals surface area contributed by atoms with Crippen LogP contribution in [0.4, 0.5) is 17.1 Å². The van der Waals surface area contributed by atoms with E-state index in [0.717, 1.165) is 28.6 Å². The first-order valence-electron chi connectivity index (χ1n) is 10.9. The van der Waals surface area contributed by atoms with Gasteiger partial charge in [-0.3, -0.25) is 9.10 Å². The molecule has 178 valence electrons. The highest BCUT2D eigenvalue weighted by Gasteiger charge is 2.27. The van der Waals surface area contributed by atoms with Crippen molar-refractivity contribution in [2.24, 2.45) is 0 Å². The summed E-state index contributed by atoms with van der Waals surface area (Å²) in [5.74, 6) is -0.435. The van der Waals surface area contributed by atoms with Crippen LogP contribution in [0.3, 0.4) is 0 Å². The van der Waals surface area contributed by atoms with E-state index >= 15 is 0 Å². The molecule has 0 saturated carbocycles. The van der Waals surface area contributed by atoms with Gasteiger partial charge >= 0.3 is 0 Å². The Hall–Kier alpha value is -2.88. The molecule has 1 aliphatic rings. The Morgan fingerprint density at radius 1 is 1.03 bits per heavy atom. The number of carbonyl (C=O) groups excluding carboxylic acids is 1. The summed E-state index contributed by atoms with van der Waals surface area (Å²) >= 11 is 3.39. The number of morpholine rings is 1. The average molecular weight is 544 g/mol. The molecule has 1 fully saturated rings. The van der Waals surface area contributed by atoms with E-state index in [9.17, 15) is 13.2 Å². The van der Waals surface area contributed by atoms with Crippen molar-refractivity contribution in [3.63, 3.8) is 0 Å². The number of hydrogen-bond donors (Lipinski definition) is 1. The molecule has 1 amide bonds. The van der Waals surface area contributed by atoms with Gasteiger partial charge in [0.25, 0.3) is 10.0 Å². The Morgan fingerprint density at radius 3 is 2.35 bits per heavy atom. The second-order valence-corrected chi connectivity index (χ2v) is 10.8. The first-order chi connectivity index (χ1) is 16.3. The molecule has 1 N–H and O–H groups in total. The number of anilines is 3. The van der Waals surface area contributed by atoms with Crippen molar-refractivity contribution in [1.82, 2.24) is 0 Å². The number of nitrogens with one attached hydrogen (secondary N) is 1. The van der Waals surface area contributed by atoms with Crippen molar-refractivity contribution in [2.75, 3.05) is 47.4 Å². The van der Waals surface area contributed by atoms with Crippen molar-refractivity contribution >= 4 is 48.9 Å². The number of hydrogen-bond acceptors (Lipinski definition) is 5. The summed E-state index contributed by atoms with van der Waals surface area (Å²) in [7, 11) is -3.96. The predicted molar refractivity (Wildman–Crippen MR) is 138 cm³/mol. The number of halogens is 1. The van der Waals surface area contributed by atoms with Crippen molar-refractivity contribution in [1.29, 1.82) is 0 Å². The summed E-state index contributed by atoms with van der Waals surface area (Å²) in [6.07, 6.45) is 0. The Labute approximate surface area is 208 Å². The molecule has 7 nitrogen and oxygen atoms in total. The van der Waals surface area contributed by atoms with Crippen LogP contribution in [0.15, 0.2) is 82.2 Å². The Kier molecular flexibility index (Phi) is 7.55. The van der Waals surface area contributed by atoms with Gasteiger partial charge in [-0.15, -0.1) is 0 Å². The van der Waals surface area contributed by atoms with Crippen LogP contribution < -0.4 is 14.5 Å². The minimum atomic E-state index is -3.96. The molecule has 34 heavy (non-hydrogen) atoms. The lowest BCUT2D eigenvalue weighted by Gasteiger charge is -2.29. The predicted octanol–water partition coefficient (Wildman–Crippen LogP) is 4.43. The molecule has 0 bridgehead atoms. The van der Waals surface area contributed by atoms with Crippen molar-refractivity contribution in [3.05, 3.63) is 82.8 Å². The van der Waals surface area contributed by atoms with Gasteiger partial charge in [-0.2, -0.15) is 0 Å². The topological polar surface area (TPSA) is 79.0 Å². The number of sulfonamides is 1. The van der Waals surface area contributed by atoms with Gasteiger partial charge in [-0.05, 0) is 61.5 Å². The third kappa shape index (κ3) is 5.78.